The summed E-state index contributed by atoms with van der Waals surface area (Å²) in [5.41, 5.74) is 1.12. The minimum atomic E-state index is -0.933. The smallest absolute Gasteiger partial charge is 0.329 e. The van der Waals surface area contributed by atoms with Gasteiger partial charge in [-0.1, -0.05) is 34.1 Å². The number of ether oxygens (including phenoxy) is 1. The highest BCUT2D eigenvalue weighted by Gasteiger charge is 1.99. The average Bonchev–Trinajstić information content (AvgIpc) is 2.15. The van der Waals surface area contributed by atoms with Gasteiger partial charge in [0.1, 0.15) is 6.61 Å². The molecule has 0 saturated carbocycles. The Kier molecular flexibility index (Phi) is 4.62. The number of hydrogen-bond acceptors (Lipinski definition) is 2. The van der Waals surface area contributed by atoms with E-state index < -0.39 is 5.97 Å². The second-order valence-corrected chi connectivity index (χ2v) is 3.64. The third-order valence-corrected chi connectivity index (χ3v) is 2.47. The van der Waals surface area contributed by atoms with Crippen LogP contribution in [-0.2, 0) is 16.0 Å². The van der Waals surface area contributed by atoms with Crippen LogP contribution < -0.4 is 0 Å². The first-order valence-electron chi connectivity index (χ1n) is 4.23. The van der Waals surface area contributed by atoms with Crippen molar-refractivity contribution in [3.05, 3.63) is 34.3 Å². The molecular weight excluding hydrogens is 248 g/mol. The van der Waals surface area contributed by atoms with E-state index in [1.165, 1.54) is 0 Å². The Hall–Kier alpha value is -0.870. The third kappa shape index (κ3) is 3.89. The van der Waals surface area contributed by atoms with Gasteiger partial charge in [0.05, 0.1) is 6.61 Å². The standard InChI is InChI=1S/C10H11BrO3/c11-9-4-2-1-3-8(9)5-6-14-7-10(12)13/h1-4H,5-7H2,(H,12,13). The molecule has 0 atom stereocenters. The molecule has 0 radical (unpaired) electrons. The van der Waals surface area contributed by atoms with E-state index in [0.717, 1.165) is 10.0 Å². The zero-order valence-corrected chi connectivity index (χ0v) is 9.16. The molecule has 1 N–H and O–H groups in total. The van der Waals surface area contributed by atoms with Crippen LogP contribution in [0.4, 0.5) is 0 Å². The average molecular weight is 259 g/mol. The van der Waals surface area contributed by atoms with E-state index >= 15 is 0 Å². The summed E-state index contributed by atoms with van der Waals surface area (Å²) in [5.74, 6) is -0.933. The molecule has 3 nitrogen and oxygen atoms in total. The molecule has 14 heavy (non-hydrogen) atoms. The van der Waals surface area contributed by atoms with Gasteiger partial charge in [0, 0.05) is 4.47 Å². The number of carboxylic acids is 1. The van der Waals surface area contributed by atoms with Crippen LogP contribution in [0.5, 0.6) is 0 Å². The van der Waals surface area contributed by atoms with Crippen molar-refractivity contribution < 1.29 is 14.6 Å². The van der Waals surface area contributed by atoms with Crippen molar-refractivity contribution >= 4 is 21.9 Å². The van der Waals surface area contributed by atoms with Gasteiger partial charge >= 0.3 is 5.97 Å². The van der Waals surface area contributed by atoms with Gasteiger partial charge in [0.15, 0.2) is 0 Å². The minimum Gasteiger partial charge on any atom is -0.480 e. The molecule has 1 aromatic rings. The summed E-state index contributed by atoms with van der Waals surface area (Å²) >= 11 is 3.41. The zero-order chi connectivity index (χ0) is 10.4. The van der Waals surface area contributed by atoms with E-state index in [2.05, 4.69) is 15.9 Å². The van der Waals surface area contributed by atoms with Crippen molar-refractivity contribution in [2.45, 2.75) is 6.42 Å². The number of benzene rings is 1. The van der Waals surface area contributed by atoms with Gasteiger partial charge in [0.25, 0.3) is 0 Å². The highest BCUT2D eigenvalue weighted by Crippen LogP contribution is 2.15. The zero-order valence-electron chi connectivity index (χ0n) is 7.57. The number of hydrogen-bond donors (Lipinski definition) is 1. The van der Waals surface area contributed by atoms with E-state index in [1.807, 2.05) is 24.3 Å². The molecule has 0 fully saturated rings. The number of halogens is 1. The second kappa shape index (κ2) is 5.78. The largest absolute Gasteiger partial charge is 0.480 e. The van der Waals surface area contributed by atoms with E-state index in [9.17, 15) is 4.79 Å². The van der Waals surface area contributed by atoms with Gasteiger partial charge < -0.3 is 9.84 Å². The van der Waals surface area contributed by atoms with Crippen LogP contribution in [0.2, 0.25) is 0 Å². The van der Waals surface area contributed by atoms with E-state index in [4.69, 9.17) is 9.84 Å². The summed E-state index contributed by atoms with van der Waals surface area (Å²) < 4.78 is 5.96. The molecule has 0 aliphatic heterocycles. The van der Waals surface area contributed by atoms with Crippen LogP contribution in [0, 0.1) is 0 Å². The van der Waals surface area contributed by atoms with Crippen LogP contribution in [0.25, 0.3) is 0 Å². The summed E-state index contributed by atoms with van der Waals surface area (Å²) in [4.78, 5) is 10.1. The SMILES string of the molecule is O=C(O)COCCc1ccccc1Br. The maximum atomic E-state index is 10.1. The predicted molar refractivity (Wildman–Crippen MR) is 56.3 cm³/mol. The Bertz CT molecular complexity index is 312. The summed E-state index contributed by atoms with van der Waals surface area (Å²) in [6.07, 6.45) is 0.717. The molecule has 0 amide bonds. The number of carbonyl (C=O) groups is 1. The van der Waals surface area contributed by atoms with Crippen LogP contribution in [0.3, 0.4) is 0 Å². The van der Waals surface area contributed by atoms with E-state index in [0.29, 0.717) is 13.0 Å². The number of carboxylic acid groups (broad SMARTS) is 1. The Balaban J connectivity index is 2.31. The topological polar surface area (TPSA) is 46.5 Å². The Labute approximate surface area is 90.8 Å². The second-order valence-electron chi connectivity index (χ2n) is 2.79. The normalized spacial score (nSPS) is 10.1. The Morgan fingerprint density at radius 3 is 2.79 bits per heavy atom. The molecule has 0 spiro atoms. The lowest BCUT2D eigenvalue weighted by Crippen LogP contribution is -2.09. The molecule has 76 valence electrons. The molecule has 1 aromatic carbocycles. The van der Waals surface area contributed by atoms with Crippen LogP contribution in [-0.4, -0.2) is 24.3 Å². The lowest BCUT2D eigenvalue weighted by atomic mass is 10.2. The highest BCUT2D eigenvalue weighted by atomic mass is 79.9. The molecule has 1 rings (SSSR count). The summed E-state index contributed by atoms with van der Waals surface area (Å²) in [6.45, 7) is 0.194. The van der Waals surface area contributed by atoms with Gasteiger partial charge in [-0.2, -0.15) is 0 Å². The molecule has 4 heteroatoms. The molecule has 0 unspecified atom stereocenters. The van der Waals surface area contributed by atoms with Gasteiger partial charge in [-0.15, -0.1) is 0 Å². The van der Waals surface area contributed by atoms with Gasteiger partial charge in [-0.3, -0.25) is 0 Å². The molecule has 0 saturated heterocycles. The fourth-order valence-corrected chi connectivity index (χ4v) is 1.53. The molecule has 0 aliphatic carbocycles. The van der Waals surface area contributed by atoms with Gasteiger partial charge in [-0.05, 0) is 18.1 Å². The number of aliphatic carboxylic acids is 1. The summed E-state index contributed by atoms with van der Waals surface area (Å²) in [7, 11) is 0. The van der Waals surface area contributed by atoms with Gasteiger partial charge in [-0.25, -0.2) is 4.79 Å². The summed E-state index contributed by atoms with van der Waals surface area (Å²) in [6, 6.07) is 7.81. The summed E-state index contributed by atoms with van der Waals surface area (Å²) in [5, 5.41) is 8.33. The maximum absolute atomic E-state index is 10.1. The van der Waals surface area contributed by atoms with Crippen LogP contribution in [0.1, 0.15) is 5.56 Å². The monoisotopic (exact) mass is 258 g/mol. The lowest BCUT2D eigenvalue weighted by molar-refractivity contribution is -0.142. The van der Waals surface area contributed by atoms with Crippen molar-refractivity contribution in [3.63, 3.8) is 0 Å². The van der Waals surface area contributed by atoms with Crippen molar-refractivity contribution in [1.82, 2.24) is 0 Å². The molecule has 0 aliphatic rings. The third-order valence-electron chi connectivity index (χ3n) is 1.70. The Morgan fingerprint density at radius 2 is 2.14 bits per heavy atom. The molecule has 0 heterocycles. The first-order valence-corrected chi connectivity index (χ1v) is 5.02. The maximum Gasteiger partial charge on any atom is 0.329 e. The fourth-order valence-electron chi connectivity index (χ4n) is 1.04. The first kappa shape index (κ1) is 11.2. The highest BCUT2D eigenvalue weighted by molar-refractivity contribution is 9.10. The van der Waals surface area contributed by atoms with E-state index in [-0.39, 0.29) is 6.61 Å². The van der Waals surface area contributed by atoms with Crippen molar-refractivity contribution in [1.29, 1.82) is 0 Å². The molecule has 0 aromatic heterocycles. The van der Waals surface area contributed by atoms with Crippen molar-refractivity contribution in [2.75, 3.05) is 13.2 Å². The predicted octanol–water partition coefficient (Wildman–Crippen LogP) is 2.09. The van der Waals surface area contributed by atoms with Crippen molar-refractivity contribution in [2.24, 2.45) is 0 Å². The quantitative estimate of drug-likeness (QED) is 0.823. The van der Waals surface area contributed by atoms with Crippen LogP contribution >= 0.6 is 15.9 Å². The molecule has 0 bridgehead atoms. The van der Waals surface area contributed by atoms with Crippen LogP contribution in [0.15, 0.2) is 28.7 Å². The van der Waals surface area contributed by atoms with Crippen molar-refractivity contribution in [3.8, 4) is 0 Å². The molecular formula is C10H11BrO3. The lowest BCUT2D eigenvalue weighted by Gasteiger charge is -2.03. The number of rotatable bonds is 5. The van der Waals surface area contributed by atoms with E-state index in [1.54, 1.807) is 0 Å². The fraction of sp³-hybridized carbons (Fsp3) is 0.300. The first-order chi connectivity index (χ1) is 6.70. The minimum absolute atomic E-state index is 0.232. The Morgan fingerprint density at radius 1 is 1.43 bits per heavy atom. The van der Waals surface area contributed by atoms with Gasteiger partial charge in [0.2, 0.25) is 0 Å².